The highest BCUT2D eigenvalue weighted by molar-refractivity contribution is 6.30. The highest BCUT2D eigenvalue weighted by atomic mass is 35.5. The molecule has 0 aliphatic carbocycles. The smallest absolute Gasteiger partial charge is 0.222 e. The molecule has 0 spiro atoms. The van der Waals surface area contributed by atoms with Gasteiger partial charge in [0.1, 0.15) is 11.5 Å². The summed E-state index contributed by atoms with van der Waals surface area (Å²) in [6, 6.07) is 0. The van der Waals surface area contributed by atoms with Crippen LogP contribution in [0.25, 0.3) is 0 Å². The molecule has 0 amide bonds. The number of nitrogens with zero attached hydrogens (tertiary/aromatic N) is 2. The second-order valence-corrected chi connectivity index (χ2v) is 3.71. The molecule has 1 rings (SSSR count). The van der Waals surface area contributed by atoms with E-state index in [2.05, 4.69) is 15.9 Å². The van der Waals surface area contributed by atoms with Crippen LogP contribution in [0.5, 0.6) is 5.88 Å². The minimum absolute atomic E-state index is 0.378. The van der Waals surface area contributed by atoms with Crippen molar-refractivity contribution in [1.29, 1.82) is 0 Å². The highest BCUT2D eigenvalue weighted by Gasteiger charge is 2.18. The molecule has 0 aliphatic heterocycles. The molecule has 0 N–H and O–H groups in total. The maximum Gasteiger partial charge on any atom is 0.222 e. The summed E-state index contributed by atoms with van der Waals surface area (Å²) in [5, 5.41) is 0.378. The normalized spacial score (nSPS) is 10.8. The third-order valence-electron chi connectivity index (χ3n) is 1.68. The van der Waals surface area contributed by atoms with Gasteiger partial charge in [0, 0.05) is 5.56 Å². The number of hydrogen-bond donors (Lipinski definition) is 0. The number of ether oxygens (including phenoxy) is 1. The third-order valence-corrected chi connectivity index (χ3v) is 2.06. The number of aromatic nitrogens is 2. The molecular formula is C10H11ClN2O. The number of terminal acetylenes is 1. The van der Waals surface area contributed by atoms with Gasteiger partial charge in [-0.15, -0.1) is 6.42 Å². The van der Waals surface area contributed by atoms with Gasteiger partial charge in [-0.25, -0.2) is 9.97 Å². The Labute approximate surface area is 88.5 Å². The summed E-state index contributed by atoms with van der Waals surface area (Å²) in [6.07, 6.45) is 6.64. The summed E-state index contributed by atoms with van der Waals surface area (Å²) in [5.74, 6) is 2.93. The van der Waals surface area contributed by atoms with Gasteiger partial charge in [0.15, 0.2) is 5.60 Å². The molecule has 0 atom stereocenters. The zero-order valence-corrected chi connectivity index (χ0v) is 9.09. The lowest BCUT2D eigenvalue weighted by Crippen LogP contribution is -2.26. The van der Waals surface area contributed by atoms with Crippen LogP contribution in [-0.2, 0) is 0 Å². The Balaban J connectivity index is 3.00. The van der Waals surface area contributed by atoms with E-state index in [0.29, 0.717) is 16.6 Å². The molecule has 0 fully saturated rings. The zero-order chi connectivity index (χ0) is 10.8. The molecule has 0 aliphatic rings. The molecule has 1 aromatic rings. The van der Waals surface area contributed by atoms with Gasteiger partial charge in [-0.3, -0.25) is 0 Å². The monoisotopic (exact) mass is 210 g/mol. The third kappa shape index (κ3) is 2.36. The van der Waals surface area contributed by atoms with Crippen molar-refractivity contribution in [3.05, 3.63) is 17.0 Å². The number of rotatable bonds is 2. The van der Waals surface area contributed by atoms with Crippen LogP contribution in [0.15, 0.2) is 6.33 Å². The molecule has 74 valence electrons. The molecular weight excluding hydrogens is 200 g/mol. The van der Waals surface area contributed by atoms with Crippen molar-refractivity contribution in [2.24, 2.45) is 0 Å². The highest BCUT2D eigenvalue weighted by Crippen LogP contribution is 2.23. The average Bonchev–Trinajstić information content (AvgIpc) is 2.13. The van der Waals surface area contributed by atoms with Gasteiger partial charge in [-0.05, 0) is 20.8 Å². The fourth-order valence-electron chi connectivity index (χ4n) is 0.788. The molecule has 14 heavy (non-hydrogen) atoms. The van der Waals surface area contributed by atoms with E-state index in [1.54, 1.807) is 20.8 Å². The first kappa shape index (κ1) is 10.8. The van der Waals surface area contributed by atoms with E-state index in [1.165, 1.54) is 6.33 Å². The second kappa shape index (κ2) is 3.85. The first-order valence-corrected chi connectivity index (χ1v) is 4.48. The first-order chi connectivity index (χ1) is 6.46. The van der Waals surface area contributed by atoms with Crippen molar-refractivity contribution in [3.8, 4) is 18.2 Å². The van der Waals surface area contributed by atoms with Gasteiger partial charge in [-0.1, -0.05) is 17.5 Å². The Kier molecular flexibility index (Phi) is 2.97. The predicted octanol–water partition coefficient (Wildman–Crippen LogP) is 2.23. The fourth-order valence-corrected chi connectivity index (χ4v) is 0.912. The molecule has 0 radical (unpaired) electrons. The van der Waals surface area contributed by atoms with Crippen LogP contribution < -0.4 is 4.74 Å². The number of halogens is 1. The van der Waals surface area contributed by atoms with Gasteiger partial charge in [-0.2, -0.15) is 0 Å². The lowest BCUT2D eigenvalue weighted by atomic mass is 10.1. The van der Waals surface area contributed by atoms with E-state index >= 15 is 0 Å². The Bertz CT molecular complexity index is 382. The van der Waals surface area contributed by atoms with Gasteiger partial charge >= 0.3 is 0 Å². The lowest BCUT2D eigenvalue weighted by molar-refractivity contribution is 0.163. The Morgan fingerprint density at radius 1 is 1.50 bits per heavy atom. The summed E-state index contributed by atoms with van der Waals surface area (Å²) in [6.45, 7) is 5.34. The molecule has 4 heteroatoms. The van der Waals surface area contributed by atoms with Crippen molar-refractivity contribution < 1.29 is 4.74 Å². The van der Waals surface area contributed by atoms with Crippen molar-refractivity contribution >= 4 is 11.6 Å². The van der Waals surface area contributed by atoms with Crippen molar-refractivity contribution in [1.82, 2.24) is 9.97 Å². The molecule has 1 heterocycles. The molecule has 0 aromatic carbocycles. The fraction of sp³-hybridized carbons (Fsp3) is 0.400. The second-order valence-electron chi connectivity index (χ2n) is 3.35. The van der Waals surface area contributed by atoms with Gasteiger partial charge in [0.25, 0.3) is 0 Å². The van der Waals surface area contributed by atoms with Gasteiger partial charge in [0.2, 0.25) is 5.88 Å². The molecule has 0 bridgehead atoms. The van der Waals surface area contributed by atoms with E-state index in [1.807, 2.05) is 0 Å². The van der Waals surface area contributed by atoms with Crippen molar-refractivity contribution in [2.45, 2.75) is 26.4 Å². The molecule has 0 saturated heterocycles. The van der Waals surface area contributed by atoms with Gasteiger partial charge in [0.05, 0.1) is 0 Å². The quantitative estimate of drug-likeness (QED) is 0.555. The number of hydrogen-bond acceptors (Lipinski definition) is 3. The Morgan fingerprint density at radius 3 is 2.71 bits per heavy atom. The summed E-state index contributed by atoms with van der Waals surface area (Å²) in [7, 11) is 0. The van der Waals surface area contributed by atoms with Crippen LogP contribution in [0, 0.1) is 19.3 Å². The van der Waals surface area contributed by atoms with E-state index in [9.17, 15) is 0 Å². The van der Waals surface area contributed by atoms with Crippen LogP contribution >= 0.6 is 11.6 Å². The van der Waals surface area contributed by atoms with Crippen LogP contribution in [0.2, 0.25) is 5.15 Å². The summed E-state index contributed by atoms with van der Waals surface area (Å²) in [4.78, 5) is 7.78. The van der Waals surface area contributed by atoms with E-state index in [-0.39, 0.29) is 0 Å². The maximum absolute atomic E-state index is 5.80. The topological polar surface area (TPSA) is 35.0 Å². The minimum atomic E-state index is -0.692. The van der Waals surface area contributed by atoms with E-state index < -0.39 is 5.60 Å². The van der Waals surface area contributed by atoms with Crippen LogP contribution in [0.3, 0.4) is 0 Å². The standard InChI is InChI=1S/C10H11ClN2O/c1-5-10(3,4)14-9-7(2)8(11)12-6-13-9/h1,6H,2-4H3. The van der Waals surface area contributed by atoms with Crippen LogP contribution in [0.1, 0.15) is 19.4 Å². The molecule has 1 aromatic heterocycles. The van der Waals surface area contributed by atoms with Crippen LogP contribution in [-0.4, -0.2) is 15.6 Å². The van der Waals surface area contributed by atoms with Crippen molar-refractivity contribution in [3.63, 3.8) is 0 Å². The van der Waals surface area contributed by atoms with Gasteiger partial charge < -0.3 is 4.74 Å². The van der Waals surface area contributed by atoms with E-state index in [0.717, 1.165) is 0 Å². The molecule has 0 unspecified atom stereocenters. The molecule has 3 nitrogen and oxygen atoms in total. The Morgan fingerprint density at radius 2 is 2.14 bits per heavy atom. The van der Waals surface area contributed by atoms with E-state index in [4.69, 9.17) is 22.8 Å². The summed E-state index contributed by atoms with van der Waals surface area (Å²) >= 11 is 5.80. The lowest BCUT2D eigenvalue weighted by Gasteiger charge is -2.20. The first-order valence-electron chi connectivity index (χ1n) is 4.10. The average molecular weight is 211 g/mol. The largest absolute Gasteiger partial charge is 0.458 e. The maximum atomic E-state index is 5.80. The SMILES string of the molecule is C#CC(C)(C)Oc1ncnc(Cl)c1C. The summed E-state index contributed by atoms with van der Waals surface area (Å²) < 4.78 is 5.49. The minimum Gasteiger partial charge on any atom is -0.458 e. The van der Waals surface area contributed by atoms with Crippen LogP contribution in [0.4, 0.5) is 0 Å². The zero-order valence-electron chi connectivity index (χ0n) is 8.34. The Hall–Kier alpha value is -1.27. The van der Waals surface area contributed by atoms with Crippen molar-refractivity contribution in [2.75, 3.05) is 0 Å². The summed E-state index contributed by atoms with van der Waals surface area (Å²) in [5.41, 5.74) is 0.000100. The molecule has 0 saturated carbocycles. The predicted molar refractivity (Wildman–Crippen MR) is 55.3 cm³/mol.